The summed E-state index contributed by atoms with van der Waals surface area (Å²) < 4.78 is 0. The van der Waals surface area contributed by atoms with E-state index in [2.05, 4.69) is 135 Å². The average molecular weight is 548 g/mol. The zero-order chi connectivity index (χ0) is 25.5. The van der Waals surface area contributed by atoms with Crippen molar-refractivity contribution in [3.63, 3.8) is 0 Å². The first-order valence-corrected chi connectivity index (χ1v) is 19.3. The second kappa shape index (κ2) is 9.94. The summed E-state index contributed by atoms with van der Waals surface area (Å²) in [4.78, 5) is 4.44. The molecule has 5 rings (SSSR count). The molecule has 4 aromatic carbocycles. The van der Waals surface area contributed by atoms with Crippen molar-refractivity contribution >= 4 is 56.7 Å². The molecule has 0 fully saturated rings. The molecule has 0 bridgehead atoms. The van der Waals surface area contributed by atoms with Gasteiger partial charge in [-0.3, -0.25) is 0 Å². The monoisotopic (exact) mass is 546 g/mol. The minimum Gasteiger partial charge on any atom is -0.305 e. The molecule has 2 nitrogen and oxygen atoms in total. The van der Waals surface area contributed by atoms with Gasteiger partial charge in [-0.15, -0.1) is 0 Å². The van der Waals surface area contributed by atoms with Gasteiger partial charge in [-0.1, -0.05) is 97.1 Å². The van der Waals surface area contributed by atoms with Crippen molar-refractivity contribution in [3.05, 3.63) is 108 Å². The van der Waals surface area contributed by atoms with Crippen molar-refractivity contribution in [3.8, 4) is 11.1 Å². The number of hydrogen-bond acceptors (Lipinski definition) is 2. The Morgan fingerprint density at radius 2 is 0.944 bits per heavy atom. The fourth-order valence-electron chi connectivity index (χ4n) is 5.74. The normalized spacial score (nSPS) is 14.2. The van der Waals surface area contributed by atoms with Gasteiger partial charge in [0.1, 0.15) is 0 Å². The maximum Gasteiger partial charge on any atom is 0.235 e. The maximum atomic E-state index is 8.40. The van der Waals surface area contributed by atoms with E-state index >= 15 is 0 Å². The Kier molecular flexibility index (Phi) is 7.03. The van der Waals surface area contributed by atoms with Crippen molar-refractivity contribution in [1.82, 2.24) is 9.80 Å². The third-order valence-electron chi connectivity index (χ3n) is 7.11. The van der Waals surface area contributed by atoms with Gasteiger partial charge < -0.3 is 9.80 Å². The first-order valence-electron chi connectivity index (χ1n) is 12.3. The smallest absolute Gasteiger partial charge is 0.235 e. The van der Waals surface area contributed by atoms with Crippen molar-refractivity contribution < 1.29 is 0 Å². The summed E-state index contributed by atoms with van der Waals surface area (Å²) >= 11 is 16.7. The molecule has 0 aliphatic carbocycles. The predicted octanol–water partition coefficient (Wildman–Crippen LogP) is 4.17. The molecular formula is C30H32Cl2N2Si2. The highest BCUT2D eigenvalue weighted by Gasteiger charge is 2.63. The Morgan fingerprint density at radius 3 is 1.36 bits per heavy atom. The average Bonchev–Trinajstić information content (AvgIpc) is 3.14. The standard InChI is InChI=1S/C30H32Cl2N2Si2/c1-33(2)21-23-13-5-9-17-27(23)35(31,28-18-10-6-14-24(28)22-34(3)4)36(32)29-19-11-7-15-25(29)26-16-8-12-20-30(26)36/h5-20H,21-22H2,1-4H3. The van der Waals surface area contributed by atoms with E-state index in [0.717, 1.165) is 13.1 Å². The number of rotatable bonds is 7. The zero-order valence-electron chi connectivity index (χ0n) is 21.3. The molecule has 0 aromatic heterocycles. The van der Waals surface area contributed by atoms with Crippen molar-refractivity contribution in [2.75, 3.05) is 28.2 Å². The van der Waals surface area contributed by atoms with Gasteiger partial charge >= 0.3 is 0 Å². The van der Waals surface area contributed by atoms with Crippen LogP contribution < -0.4 is 20.7 Å². The number of fused-ring (bicyclic) bond motifs is 3. The highest BCUT2D eigenvalue weighted by molar-refractivity contribution is 7.84. The molecule has 0 spiro atoms. The summed E-state index contributed by atoms with van der Waals surface area (Å²) in [5.74, 6) is 0. The van der Waals surface area contributed by atoms with Gasteiger partial charge in [-0.2, -0.15) is 22.2 Å². The summed E-state index contributed by atoms with van der Waals surface area (Å²) in [6.45, 7) is -4.45. The number of halogens is 2. The summed E-state index contributed by atoms with van der Waals surface area (Å²) in [5.41, 5.74) is 5.00. The van der Waals surface area contributed by atoms with Crippen LogP contribution in [0, 0.1) is 0 Å². The summed E-state index contributed by atoms with van der Waals surface area (Å²) in [6.07, 6.45) is 0. The Hall–Kier alpha value is -2.19. The quantitative estimate of drug-likeness (QED) is 0.253. The highest BCUT2D eigenvalue weighted by atomic mass is 35.6. The van der Waals surface area contributed by atoms with Gasteiger partial charge in [0.2, 0.25) is 13.8 Å². The number of benzene rings is 4. The molecule has 1 aliphatic heterocycles. The van der Waals surface area contributed by atoms with Crippen LogP contribution in [-0.2, 0) is 13.1 Å². The molecule has 0 saturated carbocycles. The molecule has 0 saturated heterocycles. The second-order valence-corrected chi connectivity index (χ2v) is 24.8. The summed E-state index contributed by atoms with van der Waals surface area (Å²) in [5, 5.41) is 4.96. The van der Waals surface area contributed by atoms with E-state index in [1.54, 1.807) is 0 Å². The molecule has 0 atom stereocenters. The summed E-state index contributed by atoms with van der Waals surface area (Å²) in [7, 11) is 8.45. The van der Waals surface area contributed by atoms with E-state index in [9.17, 15) is 0 Å². The van der Waals surface area contributed by atoms with Gasteiger partial charge in [-0.05, 0) is 71.2 Å². The lowest BCUT2D eigenvalue weighted by Gasteiger charge is -2.41. The van der Waals surface area contributed by atoms with Gasteiger partial charge in [0.15, 0.2) is 0 Å². The molecule has 4 aromatic rings. The van der Waals surface area contributed by atoms with E-state index in [4.69, 9.17) is 22.2 Å². The van der Waals surface area contributed by atoms with E-state index in [-0.39, 0.29) is 0 Å². The lowest BCUT2D eigenvalue weighted by Crippen LogP contribution is -2.80. The van der Waals surface area contributed by atoms with Crippen LogP contribution in [0.5, 0.6) is 0 Å². The van der Waals surface area contributed by atoms with Crippen molar-refractivity contribution in [2.24, 2.45) is 0 Å². The van der Waals surface area contributed by atoms with Crippen LogP contribution in [0.4, 0.5) is 0 Å². The highest BCUT2D eigenvalue weighted by Crippen LogP contribution is 2.38. The molecule has 36 heavy (non-hydrogen) atoms. The molecular weight excluding hydrogens is 515 g/mol. The van der Waals surface area contributed by atoms with Crippen LogP contribution in [0.25, 0.3) is 11.1 Å². The van der Waals surface area contributed by atoms with Gasteiger partial charge in [0.25, 0.3) is 0 Å². The van der Waals surface area contributed by atoms with Crippen LogP contribution in [0.1, 0.15) is 11.1 Å². The molecule has 1 aliphatic rings. The molecule has 0 radical (unpaired) electrons. The van der Waals surface area contributed by atoms with Crippen molar-refractivity contribution in [1.29, 1.82) is 0 Å². The number of hydrogen-bond donors (Lipinski definition) is 0. The second-order valence-electron chi connectivity index (χ2n) is 10.2. The predicted molar refractivity (Wildman–Crippen MR) is 161 cm³/mol. The SMILES string of the molecule is CN(C)Cc1ccccc1[Si](Cl)(c1ccccc1CN(C)C)[Si]1(Cl)c2ccccc2-c2ccccc21. The third-order valence-corrected chi connectivity index (χ3v) is 27.4. The summed E-state index contributed by atoms with van der Waals surface area (Å²) in [6, 6.07) is 34.9. The minimum atomic E-state index is -3.09. The fraction of sp³-hybridized carbons (Fsp3) is 0.200. The molecule has 6 heteroatoms. The van der Waals surface area contributed by atoms with E-state index in [1.807, 2.05) is 0 Å². The van der Waals surface area contributed by atoms with E-state index in [0.29, 0.717) is 0 Å². The van der Waals surface area contributed by atoms with Crippen LogP contribution in [-0.4, -0.2) is 51.8 Å². The largest absolute Gasteiger partial charge is 0.305 e. The molecule has 0 unspecified atom stereocenters. The lowest BCUT2D eigenvalue weighted by atomic mass is 10.1. The lowest BCUT2D eigenvalue weighted by molar-refractivity contribution is 0.403. The van der Waals surface area contributed by atoms with Crippen LogP contribution >= 0.6 is 22.2 Å². The Labute approximate surface area is 226 Å². The molecule has 0 amide bonds. The number of nitrogens with zero attached hydrogens (tertiary/aromatic N) is 2. The topological polar surface area (TPSA) is 6.48 Å². The van der Waals surface area contributed by atoms with E-state index in [1.165, 1.54) is 43.0 Å². The van der Waals surface area contributed by atoms with Crippen LogP contribution in [0.3, 0.4) is 0 Å². The minimum absolute atomic E-state index is 0.818. The first kappa shape index (κ1) is 25.5. The molecule has 184 valence electrons. The Bertz CT molecular complexity index is 1300. The maximum absolute atomic E-state index is 8.40. The first-order chi connectivity index (χ1) is 17.3. The van der Waals surface area contributed by atoms with Gasteiger partial charge in [0.05, 0.1) is 0 Å². The zero-order valence-corrected chi connectivity index (χ0v) is 24.8. The van der Waals surface area contributed by atoms with Crippen LogP contribution in [0.15, 0.2) is 97.1 Å². The fourth-order valence-corrected chi connectivity index (χ4v) is 24.5. The van der Waals surface area contributed by atoms with Crippen molar-refractivity contribution in [2.45, 2.75) is 13.1 Å². The Morgan fingerprint density at radius 1 is 0.583 bits per heavy atom. The third kappa shape index (κ3) is 4.01. The molecule has 1 heterocycles. The van der Waals surface area contributed by atoms with E-state index < -0.39 is 13.8 Å². The van der Waals surface area contributed by atoms with Gasteiger partial charge in [0, 0.05) is 13.1 Å². The van der Waals surface area contributed by atoms with Gasteiger partial charge in [-0.25, -0.2) is 0 Å². The Balaban J connectivity index is 1.91. The van der Waals surface area contributed by atoms with Crippen LogP contribution in [0.2, 0.25) is 0 Å². The molecule has 0 N–H and O–H groups in total.